The molecule has 3 aromatic carbocycles. The average molecular weight is 389 g/mol. The Morgan fingerprint density at radius 2 is 1.55 bits per heavy atom. The van der Waals surface area contributed by atoms with E-state index in [0.29, 0.717) is 22.6 Å². The van der Waals surface area contributed by atoms with Gasteiger partial charge in [-0.1, -0.05) is 54.6 Å². The van der Waals surface area contributed by atoms with Crippen molar-refractivity contribution in [3.63, 3.8) is 0 Å². The molecule has 0 spiro atoms. The Morgan fingerprint density at radius 3 is 2.21 bits per heavy atom. The van der Waals surface area contributed by atoms with E-state index in [1.807, 2.05) is 55.5 Å². The van der Waals surface area contributed by atoms with E-state index in [4.69, 9.17) is 4.74 Å². The number of anilines is 1. The summed E-state index contributed by atoms with van der Waals surface area (Å²) < 4.78 is 5.34. The van der Waals surface area contributed by atoms with Crippen LogP contribution in [0.1, 0.15) is 27.5 Å². The molecule has 0 aliphatic rings. The maximum Gasteiger partial charge on any atom is 0.265 e. The minimum Gasteiger partial charge on any atom is -0.495 e. The van der Waals surface area contributed by atoms with Gasteiger partial charge in [-0.2, -0.15) is 0 Å². The summed E-state index contributed by atoms with van der Waals surface area (Å²) in [6.07, 6.45) is 0. The van der Waals surface area contributed by atoms with Crippen LogP contribution in [-0.2, 0) is 4.79 Å². The Kier molecular flexibility index (Phi) is 6.60. The molecular formula is C23H23N3O3. The molecule has 6 heteroatoms. The molecule has 0 bridgehead atoms. The predicted octanol–water partition coefficient (Wildman–Crippen LogP) is 3.62. The van der Waals surface area contributed by atoms with E-state index >= 15 is 0 Å². The lowest BCUT2D eigenvalue weighted by Crippen LogP contribution is -2.44. The molecule has 29 heavy (non-hydrogen) atoms. The third-order valence-corrected chi connectivity index (χ3v) is 4.37. The Morgan fingerprint density at radius 1 is 0.897 bits per heavy atom. The molecule has 1 unspecified atom stereocenters. The van der Waals surface area contributed by atoms with Gasteiger partial charge in [0.1, 0.15) is 11.8 Å². The summed E-state index contributed by atoms with van der Waals surface area (Å²) >= 11 is 0. The number of carbonyl (C=O) groups excluding carboxylic acids is 2. The Bertz CT molecular complexity index is 975. The number of hydrogen-bond donors (Lipinski definition) is 3. The summed E-state index contributed by atoms with van der Waals surface area (Å²) in [7, 11) is 1.55. The molecule has 148 valence electrons. The Hall–Kier alpha value is -3.64. The van der Waals surface area contributed by atoms with Crippen molar-refractivity contribution < 1.29 is 14.3 Å². The molecule has 0 heterocycles. The van der Waals surface area contributed by atoms with Crippen molar-refractivity contribution in [1.29, 1.82) is 0 Å². The molecular weight excluding hydrogens is 366 g/mol. The Labute approximate surface area is 169 Å². The zero-order valence-corrected chi connectivity index (χ0v) is 16.3. The third-order valence-electron chi connectivity index (χ3n) is 4.37. The first-order chi connectivity index (χ1) is 14.1. The largest absolute Gasteiger partial charge is 0.495 e. The van der Waals surface area contributed by atoms with Crippen molar-refractivity contribution in [2.45, 2.75) is 13.0 Å². The molecule has 0 aromatic heterocycles. The molecule has 0 fully saturated rings. The monoisotopic (exact) mass is 389 g/mol. The van der Waals surface area contributed by atoms with E-state index in [1.54, 1.807) is 37.4 Å². The fourth-order valence-corrected chi connectivity index (χ4v) is 2.87. The van der Waals surface area contributed by atoms with Crippen LogP contribution < -0.4 is 20.9 Å². The number of carbonyl (C=O) groups is 2. The van der Waals surface area contributed by atoms with E-state index in [-0.39, 0.29) is 11.8 Å². The highest BCUT2D eigenvalue weighted by Gasteiger charge is 2.22. The zero-order chi connectivity index (χ0) is 20.6. The smallest absolute Gasteiger partial charge is 0.265 e. The van der Waals surface area contributed by atoms with Gasteiger partial charge in [0.15, 0.2) is 0 Å². The summed E-state index contributed by atoms with van der Waals surface area (Å²) in [5.41, 5.74) is 8.24. The first kappa shape index (κ1) is 20.1. The SMILES string of the molecule is COc1ccc(C)cc1NC(=O)C(NNC(=O)c1ccccc1)c1ccccc1. The van der Waals surface area contributed by atoms with Gasteiger partial charge in [-0.05, 0) is 42.3 Å². The third kappa shape index (κ3) is 5.21. The van der Waals surface area contributed by atoms with E-state index in [0.717, 1.165) is 5.56 Å². The molecule has 0 saturated heterocycles. The Balaban J connectivity index is 1.79. The second-order valence-electron chi connectivity index (χ2n) is 6.50. The second-order valence-corrected chi connectivity index (χ2v) is 6.50. The number of methoxy groups -OCH3 is 1. The number of hydrazine groups is 1. The van der Waals surface area contributed by atoms with E-state index < -0.39 is 6.04 Å². The molecule has 3 aromatic rings. The number of rotatable bonds is 7. The van der Waals surface area contributed by atoms with Crippen LogP contribution >= 0.6 is 0 Å². The molecule has 2 amide bonds. The number of benzene rings is 3. The van der Waals surface area contributed by atoms with Crippen LogP contribution in [0.5, 0.6) is 5.75 Å². The van der Waals surface area contributed by atoms with Crippen LogP contribution in [0.15, 0.2) is 78.9 Å². The summed E-state index contributed by atoms with van der Waals surface area (Å²) in [6, 6.07) is 22.7. The predicted molar refractivity (Wildman–Crippen MR) is 113 cm³/mol. The summed E-state index contributed by atoms with van der Waals surface area (Å²) in [6.45, 7) is 1.93. The van der Waals surface area contributed by atoms with Crippen LogP contribution in [0.2, 0.25) is 0 Å². The van der Waals surface area contributed by atoms with Gasteiger partial charge in [-0.25, -0.2) is 5.43 Å². The minimum absolute atomic E-state index is 0.325. The van der Waals surface area contributed by atoms with Gasteiger partial charge in [0.05, 0.1) is 12.8 Å². The highest BCUT2D eigenvalue weighted by atomic mass is 16.5. The van der Waals surface area contributed by atoms with Gasteiger partial charge in [0.25, 0.3) is 5.91 Å². The summed E-state index contributed by atoms with van der Waals surface area (Å²) in [5.74, 6) is -0.0926. The lowest BCUT2D eigenvalue weighted by molar-refractivity contribution is -0.118. The van der Waals surface area contributed by atoms with Gasteiger partial charge in [-0.15, -0.1) is 0 Å². The van der Waals surface area contributed by atoms with Crippen LogP contribution in [0.25, 0.3) is 0 Å². The average Bonchev–Trinajstić information content (AvgIpc) is 2.75. The molecule has 6 nitrogen and oxygen atoms in total. The summed E-state index contributed by atoms with van der Waals surface area (Å²) in [5, 5.41) is 2.89. The normalized spacial score (nSPS) is 11.4. The lowest BCUT2D eigenvalue weighted by atomic mass is 10.1. The molecule has 1 atom stereocenters. The fraction of sp³-hybridized carbons (Fsp3) is 0.130. The number of ether oxygens (including phenoxy) is 1. The van der Waals surface area contributed by atoms with Crippen LogP contribution in [0.4, 0.5) is 5.69 Å². The highest BCUT2D eigenvalue weighted by Crippen LogP contribution is 2.26. The van der Waals surface area contributed by atoms with E-state index in [9.17, 15) is 9.59 Å². The quantitative estimate of drug-likeness (QED) is 0.539. The van der Waals surface area contributed by atoms with E-state index in [1.165, 1.54) is 0 Å². The van der Waals surface area contributed by atoms with Crippen molar-refractivity contribution in [3.05, 3.63) is 95.6 Å². The van der Waals surface area contributed by atoms with Crippen molar-refractivity contribution >= 4 is 17.5 Å². The standard InChI is InChI=1S/C23H23N3O3/c1-16-13-14-20(29-2)19(15-16)24-23(28)21(17-9-5-3-6-10-17)25-26-22(27)18-11-7-4-8-12-18/h3-15,21,25H,1-2H3,(H,24,28)(H,26,27). The van der Waals surface area contributed by atoms with Crippen molar-refractivity contribution in [2.24, 2.45) is 0 Å². The summed E-state index contributed by atoms with van der Waals surface area (Å²) in [4.78, 5) is 25.4. The highest BCUT2D eigenvalue weighted by molar-refractivity contribution is 5.98. The number of aryl methyl sites for hydroxylation is 1. The second kappa shape index (κ2) is 9.52. The van der Waals surface area contributed by atoms with Gasteiger partial charge < -0.3 is 10.1 Å². The van der Waals surface area contributed by atoms with E-state index in [2.05, 4.69) is 16.2 Å². The van der Waals surface area contributed by atoms with Gasteiger partial charge >= 0.3 is 0 Å². The van der Waals surface area contributed by atoms with Crippen molar-refractivity contribution in [1.82, 2.24) is 10.9 Å². The van der Waals surface area contributed by atoms with Gasteiger partial charge in [-0.3, -0.25) is 15.0 Å². The molecule has 0 radical (unpaired) electrons. The molecule has 3 N–H and O–H groups in total. The number of amides is 2. The van der Waals surface area contributed by atoms with Crippen molar-refractivity contribution in [2.75, 3.05) is 12.4 Å². The first-order valence-corrected chi connectivity index (χ1v) is 9.20. The number of hydrogen-bond acceptors (Lipinski definition) is 4. The van der Waals surface area contributed by atoms with Crippen LogP contribution in [0, 0.1) is 6.92 Å². The minimum atomic E-state index is -0.797. The molecule has 0 aliphatic carbocycles. The molecule has 0 aliphatic heterocycles. The van der Waals surface area contributed by atoms with Crippen molar-refractivity contribution in [3.8, 4) is 5.75 Å². The van der Waals surface area contributed by atoms with Gasteiger partial charge in [0.2, 0.25) is 5.91 Å². The number of nitrogens with one attached hydrogen (secondary N) is 3. The fourth-order valence-electron chi connectivity index (χ4n) is 2.87. The first-order valence-electron chi connectivity index (χ1n) is 9.20. The van der Waals surface area contributed by atoms with Gasteiger partial charge in [0, 0.05) is 5.56 Å². The maximum atomic E-state index is 13.1. The molecule has 3 rings (SSSR count). The lowest BCUT2D eigenvalue weighted by Gasteiger charge is -2.20. The maximum absolute atomic E-state index is 13.1. The topological polar surface area (TPSA) is 79.5 Å². The molecule has 0 saturated carbocycles. The van der Waals surface area contributed by atoms with Crippen LogP contribution in [0.3, 0.4) is 0 Å². The zero-order valence-electron chi connectivity index (χ0n) is 16.3. The van der Waals surface area contributed by atoms with Crippen LogP contribution in [-0.4, -0.2) is 18.9 Å².